The number of benzene rings is 2. The van der Waals surface area contributed by atoms with Crippen LogP contribution in [0.1, 0.15) is 45.1 Å². The third-order valence-electron chi connectivity index (χ3n) is 4.32. The molecule has 0 aliphatic carbocycles. The fourth-order valence-electron chi connectivity index (χ4n) is 2.94. The van der Waals surface area contributed by atoms with Crippen LogP contribution in [0.25, 0.3) is 11.1 Å². The molecule has 0 radical (unpaired) electrons. The molecule has 22 heavy (non-hydrogen) atoms. The minimum Gasteiger partial charge on any atom is -0.497 e. The van der Waals surface area contributed by atoms with Gasteiger partial charge >= 0.3 is 0 Å². The van der Waals surface area contributed by atoms with Crippen molar-refractivity contribution in [3.8, 4) is 16.9 Å². The van der Waals surface area contributed by atoms with E-state index in [0.717, 1.165) is 11.7 Å². The van der Waals surface area contributed by atoms with E-state index in [2.05, 4.69) is 50.2 Å². The molecule has 0 N–H and O–H groups in total. The fraction of sp³-hybridized carbons (Fsp3) is 0.429. The van der Waals surface area contributed by atoms with Crippen molar-refractivity contribution < 1.29 is 4.74 Å². The lowest BCUT2D eigenvalue weighted by Gasteiger charge is -2.10. The number of methoxy groups -OCH3 is 1. The molecule has 0 spiro atoms. The van der Waals surface area contributed by atoms with Gasteiger partial charge in [0.2, 0.25) is 0 Å². The third-order valence-corrected chi connectivity index (χ3v) is 4.32. The number of hydrogen-bond donors (Lipinski definition) is 0. The van der Waals surface area contributed by atoms with Crippen LogP contribution in [0, 0.1) is 5.92 Å². The van der Waals surface area contributed by atoms with Crippen LogP contribution in [0.2, 0.25) is 0 Å². The molecule has 118 valence electrons. The number of hydrogen-bond acceptors (Lipinski definition) is 1. The Labute approximate surface area is 135 Å². The maximum atomic E-state index is 5.21. The molecule has 0 saturated heterocycles. The van der Waals surface area contributed by atoms with Crippen LogP contribution < -0.4 is 4.74 Å². The largest absolute Gasteiger partial charge is 0.497 e. The summed E-state index contributed by atoms with van der Waals surface area (Å²) in [6.07, 6.45) is 6.49. The molecule has 0 aromatic heterocycles. The highest BCUT2D eigenvalue weighted by Gasteiger charge is 2.02. The van der Waals surface area contributed by atoms with Gasteiger partial charge in [0.05, 0.1) is 7.11 Å². The predicted molar refractivity (Wildman–Crippen MR) is 95.4 cm³/mol. The Hall–Kier alpha value is -1.76. The van der Waals surface area contributed by atoms with Gasteiger partial charge in [0.25, 0.3) is 0 Å². The summed E-state index contributed by atoms with van der Waals surface area (Å²) in [6, 6.07) is 17.2. The maximum absolute atomic E-state index is 5.21. The first kappa shape index (κ1) is 16.6. The van der Waals surface area contributed by atoms with Crippen molar-refractivity contribution in [1.82, 2.24) is 0 Å². The van der Waals surface area contributed by atoms with Crippen molar-refractivity contribution in [2.75, 3.05) is 7.11 Å². The lowest BCUT2D eigenvalue weighted by Crippen LogP contribution is -1.95. The van der Waals surface area contributed by atoms with Gasteiger partial charge in [-0.05, 0) is 47.6 Å². The summed E-state index contributed by atoms with van der Waals surface area (Å²) in [4.78, 5) is 0. The molecule has 2 rings (SSSR count). The smallest absolute Gasteiger partial charge is 0.118 e. The van der Waals surface area contributed by atoms with E-state index in [-0.39, 0.29) is 0 Å². The maximum Gasteiger partial charge on any atom is 0.118 e. The topological polar surface area (TPSA) is 9.23 Å². The molecule has 0 bridgehead atoms. The summed E-state index contributed by atoms with van der Waals surface area (Å²) in [5, 5.41) is 0. The van der Waals surface area contributed by atoms with Gasteiger partial charge < -0.3 is 4.74 Å². The lowest BCUT2D eigenvalue weighted by molar-refractivity contribution is 0.415. The highest BCUT2D eigenvalue weighted by Crippen LogP contribution is 2.23. The standard InChI is InChI=1S/C21H28O/c1-4-6-17(2)7-5-8-18-9-11-19(12-10-18)20-13-15-21(22-3)16-14-20/h9-17H,4-8H2,1-3H3. The number of aryl methyl sites for hydroxylation is 1. The van der Waals surface area contributed by atoms with Gasteiger partial charge in [-0.15, -0.1) is 0 Å². The van der Waals surface area contributed by atoms with Gasteiger partial charge in [0.1, 0.15) is 5.75 Å². The molecule has 0 saturated carbocycles. The van der Waals surface area contributed by atoms with Crippen LogP contribution in [-0.2, 0) is 6.42 Å². The van der Waals surface area contributed by atoms with Gasteiger partial charge in [0.15, 0.2) is 0 Å². The second-order valence-corrected chi connectivity index (χ2v) is 6.21. The van der Waals surface area contributed by atoms with Crippen LogP contribution >= 0.6 is 0 Å². The Bertz CT molecular complexity index is 539. The first-order valence-corrected chi connectivity index (χ1v) is 8.46. The molecule has 0 fully saturated rings. The van der Waals surface area contributed by atoms with E-state index in [4.69, 9.17) is 4.74 Å². The monoisotopic (exact) mass is 296 g/mol. The molecule has 0 aliphatic heterocycles. The van der Waals surface area contributed by atoms with E-state index in [9.17, 15) is 0 Å². The van der Waals surface area contributed by atoms with Crippen molar-refractivity contribution in [1.29, 1.82) is 0 Å². The van der Waals surface area contributed by atoms with Crippen LogP contribution in [0.4, 0.5) is 0 Å². The molecule has 1 unspecified atom stereocenters. The zero-order chi connectivity index (χ0) is 15.8. The molecule has 0 amide bonds. The van der Waals surface area contributed by atoms with E-state index in [1.807, 2.05) is 12.1 Å². The van der Waals surface area contributed by atoms with Crippen LogP contribution in [0.5, 0.6) is 5.75 Å². The predicted octanol–water partition coefficient (Wildman–Crippen LogP) is 6.12. The quantitative estimate of drug-likeness (QED) is 0.570. The average Bonchev–Trinajstić information content (AvgIpc) is 2.56. The van der Waals surface area contributed by atoms with E-state index >= 15 is 0 Å². The molecule has 2 aromatic rings. The van der Waals surface area contributed by atoms with Crippen LogP contribution in [0.3, 0.4) is 0 Å². The summed E-state index contributed by atoms with van der Waals surface area (Å²) < 4.78 is 5.21. The van der Waals surface area contributed by atoms with Gasteiger partial charge in [-0.25, -0.2) is 0 Å². The van der Waals surface area contributed by atoms with Crippen LogP contribution in [0.15, 0.2) is 48.5 Å². The minimum absolute atomic E-state index is 0.864. The summed E-state index contributed by atoms with van der Waals surface area (Å²) in [6.45, 7) is 4.64. The van der Waals surface area contributed by atoms with Gasteiger partial charge in [-0.3, -0.25) is 0 Å². The van der Waals surface area contributed by atoms with Crippen molar-refractivity contribution >= 4 is 0 Å². The molecular weight excluding hydrogens is 268 g/mol. The van der Waals surface area contributed by atoms with E-state index in [1.165, 1.54) is 48.8 Å². The first-order chi connectivity index (χ1) is 10.7. The summed E-state index contributed by atoms with van der Waals surface area (Å²) >= 11 is 0. The molecular formula is C21H28O. The first-order valence-electron chi connectivity index (χ1n) is 8.46. The molecule has 1 nitrogen and oxygen atoms in total. The van der Waals surface area contributed by atoms with E-state index in [0.29, 0.717) is 0 Å². The highest BCUT2D eigenvalue weighted by atomic mass is 16.5. The average molecular weight is 296 g/mol. The van der Waals surface area contributed by atoms with Crippen LogP contribution in [-0.4, -0.2) is 7.11 Å². The van der Waals surface area contributed by atoms with Crippen molar-refractivity contribution in [3.63, 3.8) is 0 Å². The molecule has 0 heterocycles. The van der Waals surface area contributed by atoms with E-state index in [1.54, 1.807) is 7.11 Å². The van der Waals surface area contributed by atoms with Gasteiger partial charge in [-0.2, -0.15) is 0 Å². The van der Waals surface area contributed by atoms with Gasteiger partial charge in [0, 0.05) is 0 Å². The number of rotatable bonds is 8. The SMILES string of the molecule is CCCC(C)CCCc1ccc(-c2ccc(OC)cc2)cc1. The second-order valence-electron chi connectivity index (χ2n) is 6.21. The minimum atomic E-state index is 0.864. The normalized spacial score (nSPS) is 12.1. The van der Waals surface area contributed by atoms with E-state index < -0.39 is 0 Å². The Morgan fingerprint density at radius 2 is 1.45 bits per heavy atom. The Morgan fingerprint density at radius 3 is 2.00 bits per heavy atom. The summed E-state index contributed by atoms with van der Waals surface area (Å²) in [7, 11) is 1.70. The van der Waals surface area contributed by atoms with Gasteiger partial charge in [-0.1, -0.05) is 69.5 Å². The summed E-state index contributed by atoms with van der Waals surface area (Å²) in [5.41, 5.74) is 3.95. The number of ether oxygens (including phenoxy) is 1. The Balaban J connectivity index is 1.89. The van der Waals surface area contributed by atoms with Crippen molar-refractivity contribution in [3.05, 3.63) is 54.1 Å². The Kier molecular flexibility index (Phi) is 6.51. The zero-order valence-corrected chi connectivity index (χ0v) is 14.1. The zero-order valence-electron chi connectivity index (χ0n) is 14.1. The molecule has 1 heteroatoms. The molecule has 0 aliphatic rings. The highest BCUT2D eigenvalue weighted by molar-refractivity contribution is 5.64. The lowest BCUT2D eigenvalue weighted by atomic mass is 9.96. The fourth-order valence-corrected chi connectivity index (χ4v) is 2.94. The molecule has 1 atom stereocenters. The third kappa shape index (κ3) is 4.91. The molecule has 2 aromatic carbocycles. The Morgan fingerprint density at radius 1 is 0.864 bits per heavy atom. The van der Waals surface area contributed by atoms with Crippen molar-refractivity contribution in [2.45, 2.75) is 46.0 Å². The second kappa shape index (κ2) is 8.63. The summed E-state index contributed by atoms with van der Waals surface area (Å²) in [5.74, 6) is 1.77. The van der Waals surface area contributed by atoms with Crippen molar-refractivity contribution in [2.24, 2.45) is 5.92 Å².